The summed E-state index contributed by atoms with van der Waals surface area (Å²) in [5.41, 5.74) is -0.226. The zero-order valence-electron chi connectivity index (χ0n) is 8.17. The summed E-state index contributed by atoms with van der Waals surface area (Å²) in [6, 6.07) is 1.48. The molecule has 1 aliphatic heterocycles. The van der Waals surface area contributed by atoms with Crippen molar-refractivity contribution in [1.29, 1.82) is 5.26 Å². The Kier molecular flexibility index (Phi) is 2.31. The molecule has 2 N–H and O–H groups in total. The van der Waals surface area contributed by atoms with E-state index in [1.165, 1.54) is 0 Å². The maximum Gasteiger partial charge on any atom is 0.243 e. The summed E-state index contributed by atoms with van der Waals surface area (Å²) in [6.07, 6.45) is 1.95. The molecule has 0 bridgehead atoms. The second-order valence-electron chi connectivity index (χ2n) is 3.95. The van der Waals surface area contributed by atoms with Crippen molar-refractivity contribution in [2.45, 2.75) is 30.8 Å². The Hall–Kier alpha value is -1.63. The van der Waals surface area contributed by atoms with Gasteiger partial charge in [-0.2, -0.15) is 5.26 Å². The first-order chi connectivity index (χ1) is 7.21. The largest absolute Gasteiger partial charge is 0.336 e. The third-order valence-electron chi connectivity index (χ3n) is 2.81. The van der Waals surface area contributed by atoms with E-state index in [1.807, 2.05) is 0 Å². The van der Waals surface area contributed by atoms with Gasteiger partial charge in [0.15, 0.2) is 0 Å². The average Bonchev–Trinajstić information content (AvgIpc) is 2.85. The minimum absolute atomic E-state index is 0.287. The van der Waals surface area contributed by atoms with Gasteiger partial charge in [0, 0.05) is 12.1 Å². The van der Waals surface area contributed by atoms with Crippen LogP contribution in [-0.4, -0.2) is 30.0 Å². The second kappa shape index (κ2) is 3.50. The number of carbonyl (C=O) groups is 1. The number of nitrogens with zero attached hydrogens (tertiary/aromatic N) is 1. The molecular weight excluding hydrogens is 194 g/mol. The van der Waals surface area contributed by atoms with E-state index in [4.69, 9.17) is 5.26 Å². The van der Waals surface area contributed by atoms with Crippen LogP contribution in [-0.2, 0) is 9.59 Å². The minimum atomic E-state index is -0.671. The van der Waals surface area contributed by atoms with Crippen LogP contribution in [0.15, 0.2) is 5.57 Å². The molecule has 2 rings (SSSR count). The molecule has 1 saturated carbocycles. The van der Waals surface area contributed by atoms with Crippen molar-refractivity contribution in [3.63, 3.8) is 0 Å². The highest BCUT2D eigenvalue weighted by Crippen LogP contribution is 2.34. The summed E-state index contributed by atoms with van der Waals surface area (Å²) < 4.78 is 0. The van der Waals surface area contributed by atoms with Crippen molar-refractivity contribution >= 4 is 11.8 Å². The normalized spacial score (nSPS) is 26.6. The highest BCUT2D eigenvalue weighted by Gasteiger charge is 2.46. The lowest BCUT2D eigenvalue weighted by atomic mass is 10.1. The van der Waals surface area contributed by atoms with Crippen molar-refractivity contribution in [3.8, 4) is 6.07 Å². The molecule has 0 radical (unpaired) electrons. The molecule has 5 nitrogen and oxygen atoms in total. The van der Waals surface area contributed by atoms with Crippen LogP contribution in [0.4, 0.5) is 0 Å². The van der Waals surface area contributed by atoms with E-state index >= 15 is 0 Å². The zero-order chi connectivity index (χ0) is 10.9. The summed E-state index contributed by atoms with van der Waals surface area (Å²) in [5, 5.41) is 14.4. The molecule has 1 saturated heterocycles. The smallest absolute Gasteiger partial charge is 0.243 e. The van der Waals surface area contributed by atoms with E-state index in [1.54, 1.807) is 5.94 Å². The molecule has 78 valence electrons. The Labute approximate surface area is 87.1 Å². The van der Waals surface area contributed by atoms with Gasteiger partial charge in [0.25, 0.3) is 0 Å². The van der Waals surface area contributed by atoms with Crippen LogP contribution < -0.4 is 10.6 Å². The molecule has 1 atom stereocenters. The minimum Gasteiger partial charge on any atom is -0.336 e. The maximum absolute atomic E-state index is 11.7. The van der Waals surface area contributed by atoms with Gasteiger partial charge in [0.2, 0.25) is 5.91 Å². The Morgan fingerprint density at radius 1 is 1.60 bits per heavy atom. The Morgan fingerprint density at radius 3 is 2.87 bits per heavy atom. The molecule has 1 amide bonds. The molecular formula is C10H11N3O2. The standard InChI is InChI=1S/C10H11N3O2/c11-6-10(2-3-10)13-9(15)8-7(5-14)1-4-12-8/h8,12H,1-4H2,(H,13,15). The fourth-order valence-corrected chi connectivity index (χ4v) is 1.68. The molecule has 2 fully saturated rings. The van der Waals surface area contributed by atoms with Crippen LogP contribution in [0.25, 0.3) is 0 Å². The highest BCUT2D eigenvalue weighted by molar-refractivity contribution is 5.89. The van der Waals surface area contributed by atoms with Gasteiger partial charge in [0.1, 0.15) is 17.5 Å². The van der Waals surface area contributed by atoms with Gasteiger partial charge < -0.3 is 10.6 Å². The van der Waals surface area contributed by atoms with Crippen molar-refractivity contribution in [3.05, 3.63) is 5.57 Å². The average molecular weight is 205 g/mol. The molecule has 0 spiro atoms. The van der Waals surface area contributed by atoms with Gasteiger partial charge in [-0.05, 0) is 19.3 Å². The Bertz CT molecular complexity index is 386. The lowest BCUT2D eigenvalue weighted by Gasteiger charge is -2.14. The quantitative estimate of drug-likeness (QED) is 0.583. The predicted octanol–water partition coefficient (Wildman–Crippen LogP) is -0.721. The van der Waals surface area contributed by atoms with Gasteiger partial charge >= 0.3 is 0 Å². The van der Waals surface area contributed by atoms with Crippen LogP contribution in [0.1, 0.15) is 19.3 Å². The predicted molar refractivity (Wildman–Crippen MR) is 51.3 cm³/mol. The topological polar surface area (TPSA) is 82.0 Å². The molecule has 0 aromatic rings. The number of hydrogen-bond acceptors (Lipinski definition) is 4. The van der Waals surface area contributed by atoms with Crippen LogP contribution >= 0.6 is 0 Å². The van der Waals surface area contributed by atoms with E-state index in [0.717, 1.165) is 0 Å². The number of nitriles is 1. The van der Waals surface area contributed by atoms with Crippen LogP contribution in [0, 0.1) is 11.3 Å². The SMILES string of the molecule is N#CC1(NC(=O)C2NCCC2=C=O)CC1. The van der Waals surface area contributed by atoms with Gasteiger partial charge in [-0.25, -0.2) is 4.79 Å². The summed E-state index contributed by atoms with van der Waals surface area (Å²) in [4.78, 5) is 22.2. The zero-order valence-corrected chi connectivity index (χ0v) is 8.17. The molecule has 15 heavy (non-hydrogen) atoms. The van der Waals surface area contributed by atoms with Crippen LogP contribution in [0.3, 0.4) is 0 Å². The number of hydrogen-bond donors (Lipinski definition) is 2. The third-order valence-corrected chi connectivity index (χ3v) is 2.81. The summed E-state index contributed by atoms with van der Waals surface area (Å²) in [7, 11) is 0. The fourth-order valence-electron chi connectivity index (χ4n) is 1.68. The fraction of sp³-hybridized carbons (Fsp3) is 0.600. The Morgan fingerprint density at radius 2 is 2.33 bits per heavy atom. The van der Waals surface area contributed by atoms with Crippen molar-refractivity contribution in [1.82, 2.24) is 10.6 Å². The third kappa shape index (κ3) is 1.78. The number of rotatable bonds is 2. The molecule has 0 aromatic carbocycles. The first-order valence-electron chi connectivity index (χ1n) is 4.91. The molecule has 1 unspecified atom stereocenters. The van der Waals surface area contributed by atoms with Crippen molar-refractivity contribution < 1.29 is 9.59 Å². The van der Waals surface area contributed by atoms with Crippen molar-refractivity contribution in [2.75, 3.05) is 6.54 Å². The monoisotopic (exact) mass is 205 g/mol. The second-order valence-corrected chi connectivity index (χ2v) is 3.95. The van der Waals surface area contributed by atoms with Crippen molar-refractivity contribution in [2.24, 2.45) is 0 Å². The summed E-state index contributed by atoms with van der Waals surface area (Å²) in [5.74, 6) is 1.49. The summed E-state index contributed by atoms with van der Waals surface area (Å²) in [6.45, 7) is 0.613. The van der Waals surface area contributed by atoms with Crippen LogP contribution in [0.2, 0.25) is 0 Å². The highest BCUT2D eigenvalue weighted by atomic mass is 16.2. The number of carbonyl (C=O) groups excluding carboxylic acids is 2. The van der Waals surface area contributed by atoms with E-state index in [2.05, 4.69) is 16.7 Å². The molecule has 1 aliphatic carbocycles. The molecule has 1 heterocycles. The van der Waals surface area contributed by atoms with Gasteiger partial charge in [-0.15, -0.1) is 0 Å². The summed E-state index contributed by atoms with van der Waals surface area (Å²) >= 11 is 0. The van der Waals surface area contributed by atoms with Crippen LogP contribution in [0.5, 0.6) is 0 Å². The van der Waals surface area contributed by atoms with E-state index < -0.39 is 11.6 Å². The molecule has 2 aliphatic rings. The number of nitrogens with one attached hydrogen (secondary N) is 2. The maximum atomic E-state index is 11.7. The first-order valence-corrected chi connectivity index (χ1v) is 4.91. The lowest BCUT2D eigenvalue weighted by molar-refractivity contribution is -0.122. The van der Waals surface area contributed by atoms with Gasteiger partial charge in [0.05, 0.1) is 6.07 Å². The van der Waals surface area contributed by atoms with E-state index in [-0.39, 0.29) is 5.91 Å². The lowest BCUT2D eigenvalue weighted by Crippen LogP contribution is -2.46. The molecule has 5 heteroatoms. The van der Waals surface area contributed by atoms with Gasteiger partial charge in [-0.3, -0.25) is 4.79 Å². The van der Waals surface area contributed by atoms with Gasteiger partial charge in [-0.1, -0.05) is 0 Å². The first kappa shape index (κ1) is 9.91. The Balaban J connectivity index is 2.03. The van der Waals surface area contributed by atoms with E-state index in [0.29, 0.717) is 31.4 Å². The molecule has 0 aromatic heterocycles. The van der Waals surface area contributed by atoms with E-state index in [9.17, 15) is 9.59 Å². The number of amides is 1.